The van der Waals surface area contributed by atoms with E-state index in [4.69, 9.17) is 11.6 Å². The highest BCUT2D eigenvalue weighted by Crippen LogP contribution is 2.22. The summed E-state index contributed by atoms with van der Waals surface area (Å²) in [5.74, 6) is -0.315. The smallest absolute Gasteiger partial charge is 0.261 e. The highest BCUT2D eigenvalue weighted by Gasteiger charge is 2.16. The summed E-state index contributed by atoms with van der Waals surface area (Å²) in [6, 6.07) is 17.9. The van der Waals surface area contributed by atoms with Crippen molar-refractivity contribution < 1.29 is 13.2 Å². The van der Waals surface area contributed by atoms with Crippen LogP contribution in [0.5, 0.6) is 0 Å². The van der Waals surface area contributed by atoms with Crippen molar-refractivity contribution in [2.75, 3.05) is 10.0 Å². The van der Waals surface area contributed by atoms with Gasteiger partial charge in [0.2, 0.25) is 0 Å². The summed E-state index contributed by atoms with van der Waals surface area (Å²) in [4.78, 5) is 12.7. The quantitative estimate of drug-likeness (QED) is 0.616. The number of carbonyl (C=O) groups excluding carboxylic acids is 1. The minimum Gasteiger partial charge on any atom is -0.322 e. The van der Waals surface area contributed by atoms with Crippen LogP contribution in [-0.2, 0) is 10.0 Å². The van der Waals surface area contributed by atoms with Crippen molar-refractivity contribution in [3.63, 3.8) is 0 Å². The molecule has 5 nitrogen and oxygen atoms in total. The molecule has 3 aromatic carbocycles. The van der Waals surface area contributed by atoms with Crippen LogP contribution < -0.4 is 10.0 Å². The Labute approximate surface area is 169 Å². The second-order valence-electron chi connectivity index (χ2n) is 6.36. The van der Waals surface area contributed by atoms with Crippen LogP contribution in [-0.4, -0.2) is 14.3 Å². The van der Waals surface area contributed by atoms with Crippen molar-refractivity contribution in [2.45, 2.75) is 18.7 Å². The lowest BCUT2D eigenvalue weighted by molar-refractivity contribution is 0.102. The molecule has 0 aliphatic heterocycles. The van der Waals surface area contributed by atoms with Crippen molar-refractivity contribution in [1.29, 1.82) is 0 Å². The lowest BCUT2D eigenvalue weighted by atomic mass is 10.1. The minimum atomic E-state index is -3.79. The van der Waals surface area contributed by atoms with E-state index in [-0.39, 0.29) is 10.8 Å². The number of halogens is 1. The van der Waals surface area contributed by atoms with Crippen molar-refractivity contribution in [3.8, 4) is 0 Å². The summed E-state index contributed by atoms with van der Waals surface area (Å²) in [5, 5.41) is 3.34. The Morgan fingerprint density at radius 2 is 1.50 bits per heavy atom. The SMILES string of the molecule is Cc1cccc(C)c1NC(=O)c1cccc(NS(=O)(=O)c2ccc(Cl)cc2)c1. The molecule has 0 aromatic heterocycles. The van der Waals surface area contributed by atoms with Gasteiger partial charge in [-0.3, -0.25) is 9.52 Å². The zero-order chi connectivity index (χ0) is 20.3. The van der Waals surface area contributed by atoms with Crippen LogP contribution in [0.1, 0.15) is 21.5 Å². The van der Waals surface area contributed by atoms with E-state index in [1.54, 1.807) is 18.2 Å². The predicted molar refractivity (Wildman–Crippen MR) is 113 cm³/mol. The highest BCUT2D eigenvalue weighted by atomic mass is 35.5. The molecule has 0 spiro atoms. The molecule has 144 valence electrons. The lowest BCUT2D eigenvalue weighted by Gasteiger charge is -2.13. The normalized spacial score (nSPS) is 11.1. The van der Waals surface area contributed by atoms with E-state index in [0.29, 0.717) is 16.3 Å². The number of amides is 1. The molecule has 0 heterocycles. The molecule has 0 unspecified atom stereocenters. The Morgan fingerprint density at radius 3 is 2.14 bits per heavy atom. The van der Waals surface area contributed by atoms with Gasteiger partial charge in [0.25, 0.3) is 15.9 Å². The minimum absolute atomic E-state index is 0.0855. The average molecular weight is 415 g/mol. The zero-order valence-corrected chi connectivity index (χ0v) is 16.9. The fourth-order valence-electron chi connectivity index (χ4n) is 2.75. The average Bonchev–Trinajstić information content (AvgIpc) is 2.65. The van der Waals surface area contributed by atoms with Crippen LogP contribution in [0, 0.1) is 13.8 Å². The molecule has 0 aliphatic rings. The first-order valence-corrected chi connectivity index (χ1v) is 10.4. The number of para-hydroxylation sites is 1. The summed E-state index contributed by atoms with van der Waals surface area (Å²) in [6.45, 7) is 3.83. The Hall–Kier alpha value is -2.83. The van der Waals surface area contributed by atoms with Crippen LogP contribution in [0.2, 0.25) is 5.02 Å². The Bertz CT molecular complexity index is 1110. The van der Waals surface area contributed by atoms with Gasteiger partial charge < -0.3 is 5.32 Å². The molecule has 0 saturated carbocycles. The second kappa shape index (κ2) is 8.04. The van der Waals surface area contributed by atoms with E-state index in [1.807, 2.05) is 32.0 Å². The van der Waals surface area contributed by atoms with Crippen LogP contribution in [0.15, 0.2) is 71.6 Å². The fourth-order valence-corrected chi connectivity index (χ4v) is 3.92. The number of anilines is 2. The first kappa shape index (κ1) is 19.9. The van der Waals surface area contributed by atoms with Gasteiger partial charge in [-0.25, -0.2) is 8.42 Å². The summed E-state index contributed by atoms with van der Waals surface area (Å²) in [7, 11) is -3.79. The highest BCUT2D eigenvalue weighted by molar-refractivity contribution is 7.92. The Balaban J connectivity index is 1.82. The van der Waals surface area contributed by atoms with E-state index < -0.39 is 10.0 Å². The van der Waals surface area contributed by atoms with Crippen LogP contribution in [0.3, 0.4) is 0 Å². The van der Waals surface area contributed by atoms with Crippen LogP contribution in [0.4, 0.5) is 11.4 Å². The fraction of sp³-hybridized carbons (Fsp3) is 0.0952. The Morgan fingerprint density at radius 1 is 0.893 bits per heavy atom. The molecule has 7 heteroatoms. The monoisotopic (exact) mass is 414 g/mol. The van der Waals surface area contributed by atoms with Crippen molar-refractivity contribution >= 4 is 38.9 Å². The van der Waals surface area contributed by atoms with Gasteiger partial charge in [0.1, 0.15) is 0 Å². The standard InChI is InChI=1S/C21H19ClN2O3S/c1-14-5-3-6-15(2)20(14)23-21(25)16-7-4-8-18(13-16)24-28(26,27)19-11-9-17(22)10-12-19/h3-13,24H,1-2H3,(H,23,25). The van der Waals surface area contributed by atoms with Gasteiger partial charge >= 0.3 is 0 Å². The number of sulfonamides is 1. The lowest BCUT2D eigenvalue weighted by Crippen LogP contribution is -2.16. The molecule has 0 fully saturated rings. The molecule has 2 N–H and O–H groups in total. The molecule has 0 bridgehead atoms. The summed E-state index contributed by atoms with van der Waals surface area (Å²) in [6.07, 6.45) is 0. The molecule has 3 rings (SSSR count). The number of benzene rings is 3. The molecule has 28 heavy (non-hydrogen) atoms. The first-order valence-electron chi connectivity index (χ1n) is 8.52. The summed E-state index contributed by atoms with van der Waals surface area (Å²) in [5.41, 5.74) is 3.30. The number of carbonyl (C=O) groups is 1. The van der Waals surface area contributed by atoms with E-state index in [1.165, 1.54) is 30.3 Å². The van der Waals surface area contributed by atoms with Gasteiger partial charge in [0, 0.05) is 22.0 Å². The number of nitrogens with one attached hydrogen (secondary N) is 2. The molecular formula is C21H19ClN2O3S. The topological polar surface area (TPSA) is 75.3 Å². The summed E-state index contributed by atoms with van der Waals surface area (Å²) >= 11 is 5.81. The largest absolute Gasteiger partial charge is 0.322 e. The first-order chi connectivity index (χ1) is 13.3. The zero-order valence-electron chi connectivity index (χ0n) is 15.4. The third-order valence-electron chi connectivity index (χ3n) is 4.22. The van der Waals surface area contributed by atoms with E-state index in [0.717, 1.165) is 16.8 Å². The van der Waals surface area contributed by atoms with Gasteiger partial charge in [-0.1, -0.05) is 35.9 Å². The Kier molecular flexibility index (Phi) is 5.72. The van der Waals surface area contributed by atoms with Crippen LogP contribution in [0.25, 0.3) is 0 Å². The van der Waals surface area contributed by atoms with Crippen molar-refractivity contribution in [1.82, 2.24) is 0 Å². The number of hydrogen-bond donors (Lipinski definition) is 2. The maximum atomic E-state index is 12.6. The van der Waals surface area contributed by atoms with E-state index in [2.05, 4.69) is 10.0 Å². The van der Waals surface area contributed by atoms with Gasteiger partial charge in [0.05, 0.1) is 4.90 Å². The molecule has 0 radical (unpaired) electrons. The van der Waals surface area contributed by atoms with Gasteiger partial charge in [-0.15, -0.1) is 0 Å². The number of hydrogen-bond acceptors (Lipinski definition) is 3. The van der Waals surface area contributed by atoms with E-state index in [9.17, 15) is 13.2 Å². The van der Waals surface area contributed by atoms with Crippen molar-refractivity contribution in [3.05, 3.63) is 88.4 Å². The molecule has 0 atom stereocenters. The predicted octanol–water partition coefficient (Wildman–Crippen LogP) is 5.01. The maximum Gasteiger partial charge on any atom is 0.261 e. The molecule has 0 aliphatic carbocycles. The third kappa shape index (κ3) is 4.52. The molecule has 1 amide bonds. The van der Waals surface area contributed by atoms with Gasteiger partial charge in [-0.05, 0) is 67.4 Å². The number of aryl methyl sites for hydroxylation is 2. The van der Waals surface area contributed by atoms with Gasteiger partial charge in [0.15, 0.2) is 0 Å². The molecule has 3 aromatic rings. The maximum absolute atomic E-state index is 12.6. The molecule has 0 saturated heterocycles. The van der Waals surface area contributed by atoms with Crippen LogP contribution >= 0.6 is 11.6 Å². The van der Waals surface area contributed by atoms with E-state index >= 15 is 0 Å². The number of rotatable bonds is 5. The van der Waals surface area contributed by atoms with Gasteiger partial charge in [-0.2, -0.15) is 0 Å². The second-order valence-corrected chi connectivity index (χ2v) is 8.48. The van der Waals surface area contributed by atoms with Crippen molar-refractivity contribution in [2.24, 2.45) is 0 Å². The summed E-state index contributed by atoms with van der Waals surface area (Å²) < 4.78 is 27.5. The third-order valence-corrected chi connectivity index (χ3v) is 5.87. The molecular weight excluding hydrogens is 396 g/mol.